The zero-order valence-corrected chi connectivity index (χ0v) is 11.6. The fourth-order valence-electron chi connectivity index (χ4n) is 2.51. The standard InChI is InChI=1S/C14H20N2O3/c1-8(7-11(17)18)12-9(2)15-13(10-5-4-6-10)16-14(12)19-3/h8,10H,4-7H2,1-3H3,(H,17,18). The van der Waals surface area contributed by atoms with Crippen molar-refractivity contribution in [3.05, 3.63) is 17.1 Å². The van der Waals surface area contributed by atoms with Gasteiger partial charge in [0.15, 0.2) is 0 Å². The summed E-state index contributed by atoms with van der Waals surface area (Å²) in [4.78, 5) is 19.9. The molecule has 0 amide bonds. The second kappa shape index (κ2) is 5.55. The minimum absolute atomic E-state index is 0.0589. The highest BCUT2D eigenvalue weighted by atomic mass is 16.5. The Labute approximate surface area is 113 Å². The Morgan fingerprint density at radius 1 is 1.47 bits per heavy atom. The Bertz CT molecular complexity index is 484. The minimum atomic E-state index is -0.822. The van der Waals surface area contributed by atoms with E-state index in [9.17, 15) is 4.79 Å². The van der Waals surface area contributed by atoms with E-state index in [0.717, 1.165) is 29.9 Å². The van der Waals surface area contributed by atoms with Crippen LogP contribution in [0.3, 0.4) is 0 Å². The Morgan fingerprint density at radius 2 is 2.16 bits per heavy atom. The van der Waals surface area contributed by atoms with E-state index < -0.39 is 5.97 Å². The molecule has 0 saturated heterocycles. The van der Waals surface area contributed by atoms with Gasteiger partial charge in [-0.15, -0.1) is 0 Å². The Kier molecular flexibility index (Phi) is 4.02. The third-order valence-electron chi connectivity index (χ3n) is 3.76. The van der Waals surface area contributed by atoms with Crippen molar-refractivity contribution in [2.75, 3.05) is 7.11 Å². The van der Waals surface area contributed by atoms with Crippen LogP contribution >= 0.6 is 0 Å². The number of rotatable bonds is 5. The molecule has 1 heterocycles. The van der Waals surface area contributed by atoms with Gasteiger partial charge < -0.3 is 9.84 Å². The normalized spacial score (nSPS) is 16.8. The van der Waals surface area contributed by atoms with Crippen LogP contribution in [0.4, 0.5) is 0 Å². The first-order chi connectivity index (χ1) is 9.02. The van der Waals surface area contributed by atoms with Gasteiger partial charge in [0.1, 0.15) is 5.82 Å². The summed E-state index contributed by atoms with van der Waals surface area (Å²) in [5.41, 5.74) is 1.65. The number of carbonyl (C=O) groups is 1. The van der Waals surface area contributed by atoms with E-state index >= 15 is 0 Å². The molecule has 0 bridgehead atoms. The van der Waals surface area contributed by atoms with Gasteiger partial charge in [-0.05, 0) is 25.7 Å². The third kappa shape index (κ3) is 2.85. The number of carboxylic acids is 1. The van der Waals surface area contributed by atoms with Crippen LogP contribution in [0.25, 0.3) is 0 Å². The molecule has 2 rings (SSSR count). The van der Waals surface area contributed by atoms with Gasteiger partial charge in [0.25, 0.3) is 0 Å². The molecule has 5 heteroatoms. The van der Waals surface area contributed by atoms with Crippen LogP contribution in [-0.2, 0) is 4.79 Å². The lowest BCUT2D eigenvalue weighted by Crippen LogP contribution is -2.16. The van der Waals surface area contributed by atoms with E-state index in [1.807, 2.05) is 13.8 Å². The number of nitrogens with zero attached hydrogens (tertiary/aromatic N) is 2. The molecule has 0 radical (unpaired) electrons. The summed E-state index contributed by atoms with van der Waals surface area (Å²) in [5.74, 6) is 0.839. The van der Waals surface area contributed by atoms with Crippen LogP contribution in [0.15, 0.2) is 0 Å². The molecular formula is C14H20N2O3. The van der Waals surface area contributed by atoms with Gasteiger partial charge in [-0.2, -0.15) is 4.98 Å². The van der Waals surface area contributed by atoms with Crippen LogP contribution < -0.4 is 4.74 Å². The van der Waals surface area contributed by atoms with Gasteiger partial charge in [-0.25, -0.2) is 4.98 Å². The van der Waals surface area contributed by atoms with Crippen molar-refractivity contribution in [3.63, 3.8) is 0 Å². The molecule has 0 aliphatic heterocycles. The summed E-state index contributed by atoms with van der Waals surface area (Å²) < 4.78 is 5.34. The van der Waals surface area contributed by atoms with Gasteiger partial charge in [-0.1, -0.05) is 13.3 Å². The maximum atomic E-state index is 10.8. The topological polar surface area (TPSA) is 72.3 Å². The first kappa shape index (κ1) is 13.8. The molecule has 1 N–H and O–H groups in total. The summed E-state index contributed by atoms with van der Waals surface area (Å²) in [6, 6.07) is 0. The minimum Gasteiger partial charge on any atom is -0.481 e. The number of ether oxygens (including phenoxy) is 1. The number of hydrogen-bond donors (Lipinski definition) is 1. The molecule has 19 heavy (non-hydrogen) atoms. The predicted octanol–water partition coefficient (Wildman–Crippen LogP) is 2.64. The summed E-state index contributed by atoms with van der Waals surface area (Å²) in [5, 5.41) is 8.91. The van der Waals surface area contributed by atoms with Crippen LogP contribution in [-0.4, -0.2) is 28.2 Å². The third-order valence-corrected chi connectivity index (χ3v) is 3.76. The summed E-state index contributed by atoms with van der Waals surface area (Å²) >= 11 is 0. The molecule has 0 spiro atoms. The average Bonchev–Trinajstić information content (AvgIpc) is 2.24. The van der Waals surface area contributed by atoms with Gasteiger partial charge in [-0.3, -0.25) is 4.79 Å². The SMILES string of the molecule is COc1nc(C2CCC2)nc(C)c1C(C)CC(=O)O. The quantitative estimate of drug-likeness (QED) is 0.885. The fraction of sp³-hybridized carbons (Fsp3) is 0.643. The largest absolute Gasteiger partial charge is 0.481 e. The Hall–Kier alpha value is -1.65. The maximum absolute atomic E-state index is 10.8. The number of carboxylic acid groups (broad SMARTS) is 1. The van der Waals surface area contributed by atoms with Crippen molar-refractivity contribution in [1.29, 1.82) is 0 Å². The van der Waals surface area contributed by atoms with E-state index in [0.29, 0.717) is 11.8 Å². The van der Waals surface area contributed by atoms with E-state index in [-0.39, 0.29) is 12.3 Å². The monoisotopic (exact) mass is 264 g/mol. The van der Waals surface area contributed by atoms with Crippen LogP contribution in [0.1, 0.15) is 61.5 Å². The highest BCUT2D eigenvalue weighted by Gasteiger charge is 2.26. The van der Waals surface area contributed by atoms with Crippen molar-refractivity contribution in [3.8, 4) is 5.88 Å². The molecule has 1 fully saturated rings. The van der Waals surface area contributed by atoms with Crippen LogP contribution in [0, 0.1) is 6.92 Å². The van der Waals surface area contributed by atoms with Crippen LogP contribution in [0.5, 0.6) is 5.88 Å². The molecule has 1 aliphatic carbocycles. The van der Waals surface area contributed by atoms with Crippen molar-refractivity contribution in [2.45, 2.75) is 51.4 Å². The fourth-order valence-corrected chi connectivity index (χ4v) is 2.51. The van der Waals surface area contributed by atoms with Crippen molar-refractivity contribution < 1.29 is 14.6 Å². The van der Waals surface area contributed by atoms with Crippen LogP contribution in [0.2, 0.25) is 0 Å². The number of methoxy groups -OCH3 is 1. The lowest BCUT2D eigenvalue weighted by Gasteiger charge is -2.25. The molecule has 1 aromatic heterocycles. The Morgan fingerprint density at radius 3 is 2.63 bits per heavy atom. The predicted molar refractivity (Wildman–Crippen MR) is 70.6 cm³/mol. The molecule has 104 valence electrons. The van der Waals surface area contributed by atoms with E-state index in [2.05, 4.69) is 9.97 Å². The highest BCUT2D eigenvalue weighted by Crippen LogP contribution is 2.37. The highest BCUT2D eigenvalue weighted by molar-refractivity contribution is 5.68. The van der Waals surface area contributed by atoms with E-state index in [4.69, 9.17) is 9.84 Å². The zero-order valence-electron chi connectivity index (χ0n) is 11.6. The Balaban J connectivity index is 2.34. The summed E-state index contributed by atoms with van der Waals surface area (Å²) in [6.07, 6.45) is 3.55. The molecule has 0 aromatic carbocycles. The van der Waals surface area contributed by atoms with Crippen molar-refractivity contribution in [2.24, 2.45) is 0 Å². The first-order valence-corrected chi connectivity index (χ1v) is 6.67. The number of aliphatic carboxylic acids is 1. The lowest BCUT2D eigenvalue weighted by molar-refractivity contribution is -0.137. The van der Waals surface area contributed by atoms with E-state index in [1.165, 1.54) is 6.42 Å². The molecular weight excluding hydrogens is 244 g/mol. The van der Waals surface area contributed by atoms with Gasteiger partial charge in [0.05, 0.1) is 13.5 Å². The summed E-state index contributed by atoms with van der Waals surface area (Å²) in [6.45, 7) is 3.77. The molecule has 1 atom stereocenters. The molecule has 1 unspecified atom stereocenters. The molecule has 1 aromatic rings. The molecule has 1 saturated carbocycles. The van der Waals surface area contributed by atoms with Crippen molar-refractivity contribution in [1.82, 2.24) is 9.97 Å². The number of aromatic nitrogens is 2. The smallest absolute Gasteiger partial charge is 0.303 e. The first-order valence-electron chi connectivity index (χ1n) is 6.67. The van der Waals surface area contributed by atoms with Gasteiger partial charge >= 0.3 is 5.97 Å². The second-order valence-electron chi connectivity index (χ2n) is 5.22. The maximum Gasteiger partial charge on any atom is 0.303 e. The van der Waals surface area contributed by atoms with Crippen molar-refractivity contribution >= 4 is 5.97 Å². The second-order valence-corrected chi connectivity index (χ2v) is 5.22. The van der Waals surface area contributed by atoms with Gasteiger partial charge in [0, 0.05) is 17.2 Å². The van der Waals surface area contributed by atoms with Gasteiger partial charge in [0.2, 0.25) is 5.88 Å². The molecule has 5 nitrogen and oxygen atoms in total. The zero-order chi connectivity index (χ0) is 14.0. The summed E-state index contributed by atoms with van der Waals surface area (Å²) in [7, 11) is 1.57. The molecule has 1 aliphatic rings. The van der Waals surface area contributed by atoms with E-state index in [1.54, 1.807) is 7.11 Å². The average molecular weight is 264 g/mol. The number of aryl methyl sites for hydroxylation is 1. The number of hydrogen-bond acceptors (Lipinski definition) is 4. The lowest BCUT2D eigenvalue weighted by atomic mass is 9.84.